The molecule has 84 valence electrons. The number of halogens is 1. The highest BCUT2D eigenvalue weighted by Gasteiger charge is 2.17. The fourth-order valence-corrected chi connectivity index (χ4v) is 2.54. The number of nitrogens with two attached hydrogens (primary N) is 1. The first-order valence-corrected chi connectivity index (χ1v) is 5.99. The van der Waals surface area contributed by atoms with Crippen molar-refractivity contribution in [1.29, 1.82) is 0 Å². The maximum atomic E-state index is 11.6. The molecule has 15 heavy (non-hydrogen) atoms. The maximum Gasteiger partial charge on any atom is 0.242 e. The van der Waals surface area contributed by atoms with Gasteiger partial charge in [0.15, 0.2) is 0 Å². The topological polar surface area (TPSA) is 92.4 Å². The standard InChI is InChI=1S/C8H11ClN2O3S/c9-7-2-1-6(10)5-8(7)15(13,14)11-3-4-12/h1-2,5,11-12H,3-4,10H2. The summed E-state index contributed by atoms with van der Waals surface area (Å²) in [7, 11) is -3.70. The van der Waals surface area contributed by atoms with Gasteiger partial charge in [0.25, 0.3) is 0 Å². The third-order valence-corrected chi connectivity index (χ3v) is 3.59. The minimum atomic E-state index is -3.70. The predicted molar refractivity (Wildman–Crippen MR) is 58.1 cm³/mol. The van der Waals surface area contributed by atoms with Crippen molar-refractivity contribution < 1.29 is 13.5 Å². The average molecular weight is 251 g/mol. The van der Waals surface area contributed by atoms with Crippen molar-refractivity contribution in [2.24, 2.45) is 0 Å². The highest BCUT2D eigenvalue weighted by Crippen LogP contribution is 2.23. The number of sulfonamides is 1. The number of nitrogens with one attached hydrogen (secondary N) is 1. The molecule has 0 radical (unpaired) electrons. The normalized spacial score (nSPS) is 11.6. The number of hydrogen-bond acceptors (Lipinski definition) is 4. The van der Waals surface area contributed by atoms with Crippen molar-refractivity contribution in [1.82, 2.24) is 4.72 Å². The molecule has 0 bridgehead atoms. The molecule has 0 heterocycles. The minimum Gasteiger partial charge on any atom is -0.399 e. The van der Waals surface area contributed by atoms with E-state index in [2.05, 4.69) is 4.72 Å². The van der Waals surface area contributed by atoms with Gasteiger partial charge in [-0.05, 0) is 18.2 Å². The summed E-state index contributed by atoms with van der Waals surface area (Å²) in [4.78, 5) is -0.0855. The van der Waals surface area contributed by atoms with Crippen molar-refractivity contribution in [3.05, 3.63) is 23.2 Å². The first-order valence-electron chi connectivity index (χ1n) is 4.13. The number of benzene rings is 1. The van der Waals surface area contributed by atoms with Crippen molar-refractivity contribution >= 4 is 27.3 Å². The molecule has 0 aliphatic rings. The summed E-state index contributed by atoms with van der Waals surface area (Å²) in [5, 5.41) is 8.61. The maximum absolute atomic E-state index is 11.6. The van der Waals surface area contributed by atoms with Crippen LogP contribution in [0.1, 0.15) is 0 Å². The van der Waals surface area contributed by atoms with E-state index in [-0.39, 0.29) is 23.1 Å². The third-order valence-electron chi connectivity index (χ3n) is 1.65. The first-order chi connectivity index (χ1) is 6.97. The van der Waals surface area contributed by atoms with Gasteiger partial charge >= 0.3 is 0 Å². The number of nitrogen functional groups attached to an aromatic ring is 1. The molecule has 7 heteroatoms. The lowest BCUT2D eigenvalue weighted by Crippen LogP contribution is -2.26. The zero-order valence-corrected chi connectivity index (χ0v) is 9.35. The van der Waals surface area contributed by atoms with E-state index in [1.54, 1.807) is 0 Å². The van der Waals surface area contributed by atoms with E-state index < -0.39 is 10.0 Å². The van der Waals surface area contributed by atoms with E-state index in [0.29, 0.717) is 5.69 Å². The van der Waals surface area contributed by atoms with Gasteiger partial charge in [0.05, 0.1) is 11.6 Å². The highest BCUT2D eigenvalue weighted by atomic mass is 35.5. The average Bonchev–Trinajstić information content (AvgIpc) is 2.18. The minimum absolute atomic E-state index is 0.0620. The van der Waals surface area contributed by atoms with Gasteiger partial charge in [-0.2, -0.15) is 0 Å². The molecule has 5 nitrogen and oxygen atoms in total. The van der Waals surface area contributed by atoms with Crippen LogP contribution in [0.25, 0.3) is 0 Å². The fourth-order valence-electron chi connectivity index (χ4n) is 0.984. The number of anilines is 1. The van der Waals surface area contributed by atoms with Crippen LogP contribution in [0.2, 0.25) is 5.02 Å². The van der Waals surface area contributed by atoms with Crippen molar-refractivity contribution in [3.63, 3.8) is 0 Å². The molecule has 0 aliphatic carbocycles. The van der Waals surface area contributed by atoms with E-state index in [1.165, 1.54) is 18.2 Å². The Morgan fingerprint density at radius 1 is 1.47 bits per heavy atom. The van der Waals surface area contributed by atoms with Gasteiger partial charge in [-0.25, -0.2) is 13.1 Å². The van der Waals surface area contributed by atoms with Gasteiger partial charge < -0.3 is 10.8 Å². The Labute approximate surface area is 92.9 Å². The Morgan fingerprint density at radius 2 is 2.13 bits per heavy atom. The molecule has 4 N–H and O–H groups in total. The van der Waals surface area contributed by atoms with Crippen molar-refractivity contribution in [2.45, 2.75) is 4.90 Å². The molecule has 0 saturated heterocycles. The Balaban J connectivity index is 3.09. The monoisotopic (exact) mass is 250 g/mol. The molecular formula is C8H11ClN2O3S. The van der Waals surface area contributed by atoms with Crippen LogP contribution in [-0.4, -0.2) is 26.7 Å². The van der Waals surface area contributed by atoms with Gasteiger partial charge in [-0.1, -0.05) is 11.6 Å². The van der Waals surface area contributed by atoms with Gasteiger partial charge in [0, 0.05) is 12.2 Å². The highest BCUT2D eigenvalue weighted by molar-refractivity contribution is 7.89. The van der Waals surface area contributed by atoms with Crippen LogP contribution in [0.3, 0.4) is 0 Å². The molecule has 0 fully saturated rings. The Kier molecular flexibility index (Phi) is 3.92. The van der Waals surface area contributed by atoms with Crippen LogP contribution in [0.4, 0.5) is 5.69 Å². The summed E-state index contributed by atoms with van der Waals surface area (Å²) in [5.74, 6) is 0. The molecule has 1 aromatic rings. The quantitative estimate of drug-likeness (QED) is 0.666. The Hall–Kier alpha value is -0.820. The zero-order chi connectivity index (χ0) is 11.5. The van der Waals surface area contributed by atoms with Gasteiger partial charge in [0.1, 0.15) is 4.90 Å². The molecule has 1 aromatic carbocycles. The molecule has 0 aromatic heterocycles. The van der Waals surface area contributed by atoms with Crippen LogP contribution >= 0.6 is 11.6 Å². The first kappa shape index (κ1) is 12.3. The smallest absolute Gasteiger partial charge is 0.242 e. The van der Waals surface area contributed by atoms with Crippen LogP contribution < -0.4 is 10.5 Å². The zero-order valence-electron chi connectivity index (χ0n) is 7.77. The summed E-state index contributed by atoms with van der Waals surface area (Å²) in [6.07, 6.45) is 0. The van der Waals surface area contributed by atoms with Crippen LogP contribution in [0.15, 0.2) is 23.1 Å². The summed E-state index contributed by atoms with van der Waals surface area (Å²) in [5.41, 5.74) is 5.76. The number of rotatable bonds is 4. The molecule has 0 atom stereocenters. The summed E-state index contributed by atoms with van der Waals surface area (Å²) in [6.45, 7) is -0.341. The molecule has 0 amide bonds. The van der Waals surface area contributed by atoms with Gasteiger partial charge in [-0.3, -0.25) is 0 Å². The van der Waals surface area contributed by atoms with Gasteiger partial charge in [-0.15, -0.1) is 0 Å². The molecule has 0 aliphatic heterocycles. The van der Waals surface area contributed by atoms with E-state index >= 15 is 0 Å². The second-order valence-electron chi connectivity index (χ2n) is 2.81. The van der Waals surface area contributed by atoms with Gasteiger partial charge in [0.2, 0.25) is 10.0 Å². The molecule has 0 spiro atoms. The van der Waals surface area contributed by atoms with E-state index in [9.17, 15) is 8.42 Å². The van der Waals surface area contributed by atoms with Crippen molar-refractivity contribution in [3.8, 4) is 0 Å². The summed E-state index contributed by atoms with van der Waals surface area (Å²) in [6, 6.07) is 4.18. The molecular weight excluding hydrogens is 240 g/mol. The van der Waals surface area contributed by atoms with E-state index in [0.717, 1.165) is 0 Å². The van der Waals surface area contributed by atoms with E-state index in [4.69, 9.17) is 22.4 Å². The van der Waals surface area contributed by atoms with Crippen LogP contribution in [0, 0.1) is 0 Å². The summed E-state index contributed by atoms with van der Waals surface area (Å²) < 4.78 is 25.4. The van der Waals surface area contributed by atoms with Crippen LogP contribution in [-0.2, 0) is 10.0 Å². The molecule has 0 saturated carbocycles. The largest absolute Gasteiger partial charge is 0.399 e. The van der Waals surface area contributed by atoms with Crippen molar-refractivity contribution in [2.75, 3.05) is 18.9 Å². The lowest BCUT2D eigenvalue weighted by molar-refractivity contribution is 0.301. The van der Waals surface area contributed by atoms with E-state index in [1.807, 2.05) is 0 Å². The second-order valence-corrected chi connectivity index (χ2v) is 4.95. The molecule has 1 rings (SSSR count). The SMILES string of the molecule is Nc1ccc(Cl)c(S(=O)(=O)NCCO)c1. The second kappa shape index (κ2) is 4.80. The molecule has 0 unspecified atom stereocenters. The fraction of sp³-hybridized carbons (Fsp3) is 0.250. The number of aliphatic hydroxyl groups is 1. The Morgan fingerprint density at radius 3 is 2.73 bits per heavy atom. The third kappa shape index (κ3) is 3.07. The Bertz CT molecular complexity index is 447. The number of hydrogen-bond donors (Lipinski definition) is 3. The lowest BCUT2D eigenvalue weighted by Gasteiger charge is -2.07. The number of aliphatic hydroxyl groups excluding tert-OH is 1. The van der Waals surface area contributed by atoms with Crippen LogP contribution in [0.5, 0.6) is 0 Å². The predicted octanol–water partition coefficient (Wildman–Crippen LogP) is 0.193. The summed E-state index contributed by atoms with van der Waals surface area (Å²) >= 11 is 5.72. The lowest BCUT2D eigenvalue weighted by atomic mass is 10.3.